The van der Waals surface area contributed by atoms with Gasteiger partial charge in [0.15, 0.2) is 0 Å². The van der Waals surface area contributed by atoms with Crippen LogP contribution in [0.15, 0.2) is 12.1 Å². The van der Waals surface area contributed by atoms with E-state index < -0.39 is 19.0 Å². The third kappa shape index (κ3) is 5.48. The standard InChI is InChI=1S/C14H19BClNO4.C3H8/c16-12-6-9-4-8(2-1-3-15(20)21)13(14(18)19)11(9)5-10(12)7-17;1-3-2/h5-6,8,13,20-21H,1-4,7,17H2,(H,18,19);3H2,1-2H3. The second kappa shape index (κ2) is 10.0. The van der Waals surface area contributed by atoms with E-state index in [0.29, 0.717) is 24.3 Å². The minimum atomic E-state index is -1.34. The molecule has 1 aliphatic rings. The first-order chi connectivity index (χ1) is 11.3. The lowest BCUT2D eigenvalue weighted by Gasteiger charge is -2.16. The lowest BCUT2D eigenvalue weighted by atomic mass is 9.80. The molecule has 1 aromatic carbocycles. The van der Waals surface area contributed by atoms with Crippen LogP contribution in [0.5, 0.6) is 0 Å². The summed E-state index contributed by atoms with van der Waals surface area (Å²) in [6.07, 6.45) is 3.38. The van der Waals surface area contributed by atoms with Crippen LogP contribution >= 0.6 is 11.6 Å². The Kier molecular flexibility index (Phi) is 8.77. The van der Waals surface area contributed by atoms with E-state index >= 15 is 0 Å². The molecule has 0 bridgehead atoms. The van der Waals surface area contributed by atoms with Gasteiger partial charge in [-0.05, 0) is 47.8 Å². The number of fused-ring (bicyclic) bond motifs is 1. The summed E-state index contributed by atoms with van der Waals surface area (Å²) in [5, 5.41) is 27.9. The van der Waals surface area contributed by atoms with Crippen molar-refractivity contribution in [3.8, 4) is 0 Å². The fraction of sp³-hybridized carbons (Fsp3) is 0.588. The maximum Gasteiger partial charge on any atom is 0.451 e. The van der Waals surface area contributed by atoms with Crippen molar-refractivity contribution in [3.63, 3.8) is 0 Å². The van der Waals surface area contributed by atoms with E-state index in [4.69, 9.17) is 27.4 Å². The van der Waals surface area contributed by atoms with E-state index in [-0.39, 0.29) is 18.8 Å². The first kappa shape index (κ1) is 21.0. The first-order valence-electron chi connectivity index (χ1n) is 8.45. The highest BCUT2D eigenvalue weighted by Crippen LogP contribution is 2.42. The van der Waals surface area contributed by atoms with Gasteiger partial charge in [0, 0.05) is 11.6 Å². The Balaban J connectivity index is 0.000000891. The van der Waals surface area contributed by atoms with Crippen molar-refractivity contribution in [1.29, 1.82) is 0 Å². The smallest absolute Gasteiger partial charge is 0.451 e. The highest BCUT2D eigenvalue weighted by atomic mass is 35.5. The van der Waals surface area contributed by atoms with E-state index in [1.165, 1.54) is 6.42 Å². The molecule has 0 saturated carbocycles. The molecule has 0 spiro atoms. The molecular formula is C17H27BClNO4. The number of aliphatic carboxylic acids is 1. The van der Waals surface area contributed by atoms with Gasteiger partial charge in [-0.15, -0.1) is 0 Å². The third-order valence-electron chi connectivity index (χ3n) is 4.12. The van der Waals surface area contributed by atoms with Crippen LogP contribution in [0.3, 0.4) is 0 Å². The minimum Gasteiger partial charge on any atom is -0.481 e. The summed E-state index contributed by atoms with van der Waals surface area (Å²) in [7, 11) is -1.34. The van der Waals surface area contributed by atoms with Crippen molar-refractivity contribution >= 4 is 24.7 Å². The van der Waals surface area contributed by atoms with Crippen LogP contribution < -0.4 is 5.73 Å². The summed E-state index contributed by atoms with van der Waals surface area (Å²) in [5.41, 5.74) is 8.14. The van der Waals surface area contributed by atoms with Crippen LogP contribution in [-0.2, 0) is 17.8 Å². The van der Waals surface area contributed by atoms with Gasteiger partial charge in [0.2, 0.25) is 0 Å². The maximum atomic E-state index is 11.6. The van der Waals surface area contributed by atoms with E-state index in [0.717, 1.165) is 16.7 Å². The molecule has 0 amide bonds. The summed E-state index contributed by atoms with van der Waals surface area (Å²) in [5.74, 6) is -1.47. The van der Waals surface area contributed by atoms with E-state index in [1.807, 2.05) is 6.07 Å². The molecule has 7 heteroatoms. The van der Waals surface area contributed by atoms with Gasteiger partial charge >= 0.3 is 13.1 Å². The molecule has 0 fully saturated rings. The van der Waals surface area contributed by atoms with Crippen LogP contribution in [-0.4, -0.2) is 28.2 Å². The Morgan fingerprint density at radius 3 is 2.50 bits per heavy atom. The number of rotatable bonds is 6. The zero-order valence-corrected chi connectivity index (χ0v) is 15.1. The number of benzene rings is 1. The molecule has 5 nitrogen and oxygen atoms in total. The number of nitrogens with two attached hydrogens (primary N) is 1. The largest absolute Gasteiger partial charge is 0.481 e. The van der Waals surface area contributed by atoms with Crippen molar-refractivity contribution in [2.75, 3.05) is 0 Å². The first-order valence-corrected chi connectivity index (χ1v) is 8.83. The van der Waals surface area contributed by atoms with E-state index in [1.54, 1.807) is 6.07 Å². The van der Waals surface area contributed by atoms with Crippen molar-refractivity contribution in [1.82, 2.24) is 0 Å². The average Bonchev–Trinajstić information content (AvgIpc) is 2.83. The third-order valence-corrected chi connectivity index (χ3v) is 4.47. The minimum absolute atomic E-state index is 0.0414. The fourth-order valence-corrected chi connectivity index (χ4v) is 3.38. The van der Waals surface area contributed by atoms with Gasteiger partial charge in [-0.25, -0.2) is 0 Å². The van der Waals surface area contributed by atoms with E-state index in [2.05, 4.69) is 13.8 Å². The van der Waals surface area contributed by atoms with Crippen molar-refractivity contribution < 1.29 is 19.9 Å². The lowest BCUT2D eigenvalue weighted by molar-refractivity contribution is -0.139. The summed E-state index contributed by atoms with van der Waals surface area (Å²) in [6.45, 7) is 4.53. The van der Waals surface area contributed by atoms with E-state index in [9.17, 15) is 9.90 Å². The number of carbonyl (C=O) groups is 1. The maximum absolute atomic E-state index is 11.6. The molecule has 2 unspecified atom stereocenters. The van der Waals surface area contributed by atoms with Crippen LogP contribution in [0.1, 0.15) is 55.7 Å². The van der Waals surface area contributed by atoms with Crippen LogP contribution in [0.4, 0.5) is 0 Å². The highest BCUT2D eigenvalue weighted by Gasteiger charge is 2.37. The normalized spacial score (nSPS) is 18.6. The van der Waals surface area contributed by atoms with Crippen molar-refractivity contribution in [3.05, 3.63) is 33.8 Å². The molecule has 5 N–H and O–H groups in total. The van der Waals surface area contributed by atoms with Gasteiger partial charge in [0.25, 0.3) is 0 Å². The average molecular weight is 356 g/mol. The van der Waals surface area contributed by atoms with Gasteiger partial charge in [-0.3, -0.25) is 4.79 Å². The van der Waals surface area contributed by atoms with Gasteiger partial charge < -0.3 is 20.9 Å². The van der Waals surface area contributed by atoms with Gasteiger partial charge in [0.1, 0.15) is 0 Å². The zero-order valence-electron chi connectivity index (χ0n) is 14.3. The number of carboxylic acid groups (broad SMARTS) is 1. The van der Waals surface area contributed by atoms with Gasteiger partial charge in [0.05, 0.1) is 5.92 Å². The number of halogens is 1. The molecule has 0 radical (unpaired) electrons. The lowest BCUT2D eigenvalue weighted by Crippen LogP contribution is -2.19. The Hall–Kier alpha value is -1.08. The molecule has 24 heavy (non-hydrogen) atoms. The topological polar surface area (TPSA) is 104 Å². The molecule has 0 aliphatic heterocycles. The monoisotopic (exact) mass is 355 g/mol. The molecule has 0 aromatic heterocycles. The summed E-state index contributed by atoms with van der Waals surface area (Å²) >= 11 is 6.14. The highest BCUT2D eigenvalue weighted by molar-refractivity contribution is 6.40. The summed E-state index contributed by atoms with van der Waals surface area (Å²) in [4.78, 5) is 11.6. The quantitative estimate of drug-likeness (QED) is 0.587. The second-order valence-electron chi connectivity index (χ2n) is 6.25. The molecule has 1 aromatic rings. The number of hydrogen-bond acceptors (Lipinski definition) is 4. The predicted octanol–water partition coefficient (Wildman–Crippen LogP) is 2.81. The Labute approximate surface area is 149 Å². The summed E-state index contributed by atoms with van der Waals surface area (Å²) in [6, 6.07) is 3.62. The fourth-order valence-electron chi connectivity index (χ4n) is 3.12. The van der Waals surface area contributed by atoms with Gasteiger partial charge in [-0.1, -0.05) is 44.4 Å². The van der Waals surface area contributed by atoms with Crippen LogP contribution in [0.25, 0.3) is 0 Å². The van der Waals surface area contributed by atoms with Gasteiger partial charge in [-0.2, -0.15) is 0 Å². The number of carboxylic acids is 1. The Morgan fingerprint density at radius 1 is 1.38 bits per heavy atom. The molecule has 2 rings (SSSR count). The number of hydrogen-bond donors (Lipinski definition) is 4. The Morgan fingerprint density at radius 2 is 2.00 bits per heavy atom. The van der Waals surface area contributed by atoms with Crippen molar-refractivity contribution in [2.24, 2.45) is 11.7 Å². The molecule has 134 valence electrons. The van der Waals surface area contributed by atoms with Crippen LogP contribution in [0.2, 0.25) is 11.3 Å². The molecular weight excluding hydrogens is 328 g/mol. The molecule has 0 heterocycles. The molecule has 1 aliphatic carbocycles. The summed E-state index contributed by atoms with van der Waals surface area (Å²) < 4.78 is 0. The zero-order chi connectivity index (χ0) is 18.3. The van der Waals surface area contributed by atoms with Crippen molar-refractivity contribution in [2.45, 2.75) is 58.3 Å². The molecule has 2 atom stereocenters. The predicted molar refractivity (Wildman–Crippen MR) is 97.1 cm³/mol. The second-order valence-corrected chi connectivity index (χ2v) is 6.65. The SMILES string of the molecule is CCC.NCc1cc2c(cc1Cl)CC(CCCB(O)O)C2C(=O)O. The Bertz CT molecular complexity index is 554. The van der Waals surface area contributed by atoms with Crippen LogP contribution in [0, 0.1) is 5.92 Å². The molecule has 0 saturated heterocycles.